The number of ether oxygens (including phenoxy) is 2. The number of methoxy groups -OCH3 is 2. The lowest BCUT2D eigenvalue weighted by Gasteiger charge is -2.08. The summed E-state index contributed by atoms with van der Waals surface area (Å²) in [6, 6.07) is 3.94. The van der Waals surface area contributed by atoms with E-state index < -0.39 is 17.6 Å². The minimum Gasteiger partial charge on any atom is -0.481 e. The van der Waals surface area contributed by atoms with Crippen molar-refractivity contribution in [2.24, 2.45) is 0 Å². The topological polar surface area (TPSA) is 105 Å². The van der Waals surface area contributed by atoms with E-state index >= 15 is 0 Å². The van der Waals surface area contributed by atoms with E-state index in [-0.39, 0.29) is 35.5 Å². The first kappa shape index (κ1) is 18.4. The summed E-state index contributed by atoms with van der Waals surface area (Å²) in [5.41, 5.74) is -0.434. The van der Waals surface area contributed by atoms with Crippen LogP contribution in [0, 0.1) is 0 Å². The van der Waals surface area contributed by atoms with Gasteiger partial charge in [-0.1, -0.05) is 5.16 Å². The van der Waals surface area contributed by atoms with Crippen LogP contribution in [0.2, 0.25) is 0 Å². The highest BCUT2D eigenvalue weighted by atomic mass is 19.4. The molecule has 9 nitrogen and oxygen atoms in total. The van der Waals surface area contributed by atoms with Crippen molar-refractivity contribution in [2.75, 3.05) is 14.2 Å². The van der Waals surface area contributed by atoms with Crippen LogP contribution in [0.15, 0.2) is 33.7 Å². The molecule has 0 bridgehead atoms. The first-order valence-corrected chi connectivity index (χ1v) is 7.38. The van der Waals surface area contributed by atoms with E-state index in [4.69, 9.17) is 9.47 Å². The zero-order valence-electron chi connectivity index (χ0n) is 14.0. The van der Waals surface area contributed by atoms with E-state index in [9.17, 15) is 18.0 Å². The lowest BCUT2D eigenvalue weighted by molar-refractivity contribution is -0.159. The van der Waals surface area contributed by atoms with Gasteiger partial charge >= 0.3 is 12.1 Å². The molecule has 12 heteroatoms. The van der Waals surface area contributed by atoms with Crippen LogP contribution < -0.4 is 15.0 Å². The van der Waals surface area contributed by atoms with Crippen molar-refractivity contribution in [3.05, 3.63) is 46.5 Å². The Bertz CT molecular complexity index is 993. The maximum atomic E-state index is 12.5. The molecule has 0 atom stereocenters. The third-order valence-corrected chi connectivity index (χ3v) is 3.38. The molecule has 0 radical (unpaired) electrons. The molecule has 0 aliphatic heterocycles. The van der Waals surface area contributed by atoms with Gasteiger partial charge in [-0.15, -0.1) is 0 Å². The second-order valence-corrected chi connectivity index (χ2v) is 5.17. The molecule has 0 aliphatic rings. The molecule has 0 fully saturated rings. The first-order chi connectivity index (χ1) is 12.8. The fourth-order valence-electron chi connectivity index (χ4n) is 2.12. The van der Waals surface area contributed by atoms with Gasteiger partial charge in [-0.25, -0.2) is 0 Å². The Morgan fingerprint density at radius 2 is 1.78 bits per heavy atom. The van der Waals surface area contributed by atoms with Crippen LogP contribution in [0.3, 0.4) is 0 Å². The molecule has 3 rings (SSSR count). The third kappa shape index (κ3) is 4.04. The van der Waals surface area contributed by atoms with E-state index in [2.05, 4.69) is 24.6 Å². The summed E-state index contributed by atoms with van der Waals surface area (Å²) < 4.78 is 53.1. The monoisotopic (exact) mass is 383 g/mol. The van der Waals surface area contributed by atoms with E-state index in [1.165, 1.54) is 37.1 Å². The first-order valence-electron chi connectivity index (χ1n) is 7.38. The molecule has 0 saturated heterocycles. The Hall–Kier alpha value is -3.44. The summed E-state index contributed by atoms with van der Waals surface area (Å²) in [7, 11) is 2.85. The smallest absolute Gasteiger partial charge is 0.471 e. The number of hydrogen-bond acceptors (Lipinski definition) is 8. The Morgan fingerprint density at radius 3 is 2.30 bits per heavy atom. The van der Waals surface area contributed by atoms with Gasteiger partial charge in [0.25, 0.3) is 5.56 Å². The van der Waals surface area contributed by atoms with Crippen molar-refractivity contribution >= 4 is 0 Å². The van der Waals surface area contributed by atoms with Gasteiger partial charge in [-0.3, -0.25) is 4.79 Å². The lowest BCUT2D eigenvalue weighted by atomic mass is 10.2. The molecule has 27 heavy (non-hydrogen) atoms. The Balaban J connectivity index is 1.88. The van der Waals surface area contributed by atoms with Crippen LogP contribution in [0.25, 0.3) is 11.4 Å². The van der Waals surface area contributed by atoms with E-state index in [0.717, 1.165) is 6.07 Å². The van der Waals surface area contributed by atoms with E-state index in [1.807, 2.05) is 0 Å². The summed E-state index contributed by atoms with van der Waals surface area (Å²) in [4.78, 5) is 23.7. The summed E-state index contributed by atoms with van der Waals surface area (Å²) in [6.07, 6.45) is -3.40. The van der Waals surface area contributed by atoms with Gasteiger partial charge < -0.3 is 18.6 Å². The highest BCUT2D eigenvalue weighted by Crippen LogP contribution is 2.29. The largest absolute Gasteiger partial charge is 0.481 e. The van der Waals surface area contributed by atoms with E-state index in [1.54, 1.807) is 0 Å². The lowest BCUT2D eigenvalue weighted by Crippen LogP contribution is -2.20. The number of pyridine rings is 1. The Kier molecular flexibility index (Phi) is 4.79. The molecule has 0 spiro atoms. The standard InChI is InChI=1S/C15H12F3N5O4/c1-25-10-6-11(26-2)20-9(19-10)7-23-4-3-8(5-12(23)24)13-21-14(27-22-13)15(16,17)18/h3-6H,7H2,1-2H3. The third-order valence-electron chi connectivity index (χ3n) is 3.38. The highest BCUT2D eigenvalue weighted by Gasteiger charge is 2.38. The highest BCUT2D eigenvalue weighted by molar-refractivity contribution is 5.52. The van der Waals surface area contributed by atoms with Crippen molar-refractivity contribution < 1.29 is 27.2 Å². The second-order valence-electron chi connectivity index (χ2n) is 5.17. The number of hydrogen-bond donors (Lipinski definition) is 0. The number of rotatable bonds is 5. The predicted octanol–water partition coefficient (Wildman–Crippen LogP) is 1.77. The predicted molar refractivity (Wildman–Crippen MR) is 83.2 cm³/mol. The number of aromatic nitrogens is 5. The number of nitrogens with zero attached hydrogens (tertiary/aromatic N) is 5. The van der Waals surface area contributed by atoms with Crippen molar-refractivity contribution in [1.29, 1.82) is 0 Å². The molecule has 3 aromatic heterocycles. The summed E-state index contributed by atoms with van der Waals surface area (Å²) in [5.74, 6) is -1.06. The van der Waals surface area contributed by atoms with Crippen LogP contribution in [0.5, 0.6) is 11.8 Å². The zero-order chi connectivity index (χ0) is 19.6. The summed E-state index contributed by atoms with van der Waals surface area (Å²) in [6.45, 7) is -0.00722. The van der Waals surface area contributed by atoms with Gasteiger partial charge in [0.05, 0.1) is 26.8 Å². The Labute approximate surface area is 149 Å². The molecule has 0 amide bonds. The molecular formula is C15H12F3N5O4. The quantitative estimate of drug-likeness (QED) is 0.656. The van der Waals surface area contributed by atoms with Crippen LogP contribution in [-0.2, 0) is 12.7 Å². The summed E-state index contributed by atoms with van der Waals surface area (Å²) >= 11 is 0. The van der Waals surface area contributed by atoms with Crippen molar-refractivity contribution in [3.8, 4) is 23.1 Å². The SMILES string of the molecule is COc1cc(OC)nc(Cn2ccc(-c3noc(C(F)(F)F)n3)cc2=O)n1. The van der Waals surface area contributed by atoms with Crippen molar-refractivity contribution in [3.63, 3.8) is 0 Å². The average molecular weight is 383 g/mol. The molecule has 0 aliphatic carbocycles. The fourth-order valence-corrected chi connectivity index (χ4v) is 2.12. The fraction of sp³-hybridized carbons (Fsp3) is 0.267. The molecule has 0 saturated carbocycles. The van der Waals surface area contributed by atoms with Crippen LogP contribution in [0.4, 0.5) is 13.2 Å². The minimum absolute atomic E-state index is 0.00722. The van der Waals surface area contributed by atoms with Crippen LogP contribution in [0.1, 0.15) is 11.7 Å². The number of alkyl halides is 3. The molecular weight excluding hydrogens is 371 g/mol. The Morgan fingerprint density at radius 1 is 1.11 bits per heavy atom. The normalized spacial score (nSPS) is 11.4. The number of halogens is 3. The molecule has 3 aromatic rings. The molecule has 0 N–H and O–H groups in total. The van der Waals surface area contributed by atoms with Crippen LogP contribution in [-0.4, -0.2) is 38.9 Å². The van der Waals surface area contributed by atoms with Gasteiger partial charge in [-0.2, -0.15) is 28.1 Å². The maximum Gasteiger partial charge on any atom is 0.471 e. The van der Waals surface area contributed by atoms with Crippen LogP contribution >= 0.6 is 0 Å². The molecule has 0 aromatic carbocycles. The molecule has 142 valence electrons. The summed E-state index contributed by atoms with van der Waals surface area (Å²) in [5, 5.41) is 3.24. The second kappa shape index (κ2) is 7.05. The maximum absolute atomic E-state index is 12.5. The van der Waals surface area contributed by atoms with Gasteiger partial charge in [0.2, 0.25) is 17.6 Å². The minimum atomic E-state index is -4.76. The van der Waals surface area contributed by atoms with Crippen molar-refractivity contribution in [2.45, 2.75) is 12.7 Å². The zero-order valence-corrected chi connectivity index (χ0v) is 14.0. The van der Waals surface area contributed by atoms with E-state index in [0.29, 0.717) is 0 Å². The van der Waals surface area contributed by atoms with Gasteiger partial charge in [-0.05, 0) is 6.07 Å². The average Bonchev–Trinajstić information content (AvgIpc) is 3.13. The molecule has 3 heterocycles. The molecule has 0 unspecified atom stereocenters. The van der Waals surface area contributed by atoms with Gasteiger partial charge in [0, 0.05) is 17.8 Å². The van der Waals surface area contributed by atoms with Gasteiger partial charge in [0.15, 0.2) is 5.82 Å². The van der Waals surface area contributed by atoms with Crippen molar-refractivity contribution in [1.82, 2.24) is 24.7 Å². The van der Waals surface area contributed by atoms with Gasteiger partial charge in [0.1, 0.15) is 0 Å².